The van der Waals surface area contributed by atoms with E-state index < -0.39 is 0 Å². The van der Waals surface area contributed by atoms with Crippen molar-refractivity contribution in [2.75, 3.05) is 6.61 Å². The molecule has 0 spiro atoms. The van der Waals surface area contributed by atoms with Crippen LogP contribution in [0.5, 0.6) is 0 Å². The maximum absolute atomic E-state index is 12.6. The smallest absolute Gasteiger partial charge is 0.338 e. The van der Waals surface area contributed by atoms with Crippen LogP contribution in [0.2, 0.25) is 5.02 Å². The lowest BCUT2D eigenvalue weighted by molar-refractivity contribution is 0.0526. The fourth-order valence-corrected chi connectivity index (χ4v) is 2.51. The Labute approximate surface area is 138 Å². The normalized spacial score (nSPS) is 10.7. The molecule has 0 saturated carbocycles. The van der Waals surface area contributed by atoms with Crippen LogP contribution in [0, 0.1) is 0 Å². The van der Waals surface area contributed by atoms with E-state index in [2.05, 4.69) is 0 Å². The quantitative estimate of drug-likeness (QED) is 0.537. The molecule has 0 atom stereocenters. The molecule has 5 heteroatoms. The molecular weight excluding hydrogens is 314 g/mol. The first-order valence-corrected chi connectivity index (χ1v) is 7.56. The third kappa shape index (κ3) is 2.98. The van der Waals surface area contributed by atoms with Crippen LogP contribution in [-0.2, 0) is 4.74 Å². The van der Waals surface area contributed by atoms with Crippen molar-refractivity contribution < 1.29 is 14.3 Å². The van der Waals surface area contributed by atoms with Crippen LogP contribution in [0.4, 0.5) is 0 Å². The number of nitrogens with zero attached hydrogens (tertiary/aromatic N) is 1. The molecule has 23 heavy (non-hydrogen) atoms. The molecule has 0 unspecified atom stereocenters. The maximum atomic E-state index is 12.6. The van der Waals surface area contributed by atoms with Gasteiger partial charge in [0.25, 0.3) is 0 Å². The molecule has 1 aromatic carbocycles. The van der Waals surface area contributed by atoms with Crippen molar-refractivity contribution in [3.8, 4) is 0 Å². The molecule has 0 amide bonds. The van der Waals surface area contributed by atoms with Crippen LogP contribution in [-0.4, -0.2) is 22.8 Å². The van der Waals surface area contributed by atoms with Gasteiger partial charge in [-0.2, -0.15) is 0 Å². The number of carbonyl (C=O) groups excluding carboxylic acids is 2. The lowest BCUT2D eigenvalue weighted by Gasteiger charge is -2.05. The van der Waals surface area contributed by atoms with Crippen LogP contribution < -0.4 is 0 Å². The van der Waals surface area contributed by atoms with E-state index in [0.29, 0.717) is 28.5 Å². The summed E-state index contributed by atoms with van der Waals surface area (Å²) in [5, 5.41) is 0.584. The summed E-state index contributed by atoms with van der Waals surface area (Å²) in [6, 6.07) is 13.6. The highest BCUT2D eigenvalue weighted by molar-refractivity contribution is 6.30. The Hall–Kier alpha value is -2.59. The van der Waals surface area contributed by atoms with E-state index in [1.54, 1.807) is 66.1 Å². The number of pyridine rings is 1. The van der Waals surface area contributed by atoms with Crippen LogP contribution in [0.3, 0.4) is 0 Å². The number of fused-ring (bicyclic) bond motifs is 1. The largest absolute Gasteiger partial charge is 0.462 e. The Balaban J connectivity index is 1.98. The Morgan fingerprint density at radius 1 is 1.04 bits per heavy atom. The van der Waals surface area contributed by atoms with Crippen LogP contribution >= 0.6 is 11.6 Å². The SMILES string of the molecule is CCOC(=O)c1ccn2c(C(=O)c3ccc(Cl)cc3)ccc2c1. The number of ether oxygens (including phenoxy) is 1. The Morgan fingerprint density at radius 3 is 2.48 bits per heavy atom. The van der Waals surface area contributed by atoms with Crippen molar-refractivity contribution in [1.29, 1.82) is 0 Å². The van der Waals surface area contributed by atoms with Gasteiger partial charge < -0.3 is 9.14 Å². The van der Waals surface area contributed by atoms with Crippen molar-refractivity contribution in [3.63, 3.8) is 0 Å². The van der Waals surface area contributed by atoms with Gasteiger partial charge in [-0.05, 0) is 55.5 Å². The topological polar surface area (TPSA) is 47.8 Å². The number of aromatic nitrogens is 1. The summed E-state index contributed by atoms with van der Waals surface area (Å²) in [7, 11) is 0. The lowest BCUT2D eigenvalue weighted by atomic mass is 10.1. The van der Waals surface area contributed by atoms with E-state index in [1.807, 2.05) is 0 Å². The van der Waals surface area contributed by atoms with Gasteiger partial charge in [-0.15, -0.1) is 0 Å². The monoisotopic (exact) mass is 327 g/mol. The van der Waals surface area contributed by atoms with Crippen LogP contribution in [0.15, 0.2) is 54.7 Å². The van der Waals surface area contributed by atoms with E-state index in [-0.39, 0.29) is 11.8 Å². The molecular formula is C18H14ClNO3. The first kappa shape index (κ1) is 15.3. The van der Waals surface area contributed by atoms with Gasteiger partial charge in [-0.25, -0.2) is 4.79 Å². The van der Waals surface area contributed by atoms with Gasteiger partial charge in [0.1, 0.15) is 0 Å². The van der Waals surface area contributed by atoms with Crippen molar-refractivity contribution in [2.24, 2.45) is 0 Å². The Kier molecular flexibility index (Phi) is 4.17. The Morgan fingerprint density at radius 2 is 1.78 bits per heavy atom. The number of benzene rings is 1. The van der Waals surface area contributed by atoms with E-state index in [1.165, 1.54) is 0 Å². The molecule has 0 aliphatic heterocycles. The van der Waals surface area contributed by atoms with E-state index in [0.717, 1.165) is 5.52 Å². The summed E-state index contributed by atoms with van der Waals surface area (Å²) in [5.41, 5.74) is 2.30. The summed E-state index contributed by atoms with van der Waals surface area (Å²) in [6.07, 6.45) is 1.70. The van der Waals surface area contributed by atoms with Gasteiger partial charge >= 0.3 is 5.97 Å². The second kappa shape index (κ2) is 6.26. The molecule has 116 valence electrons. The first-order chi connectivity index (χ1) is 11.1. The van der Waals surface area contributed by atoms with E-state index in [4.69, 9.17) is 16.3 Å². The highest BCUT2D eigenvalue weighted by Gasteiger charge is 2.15. The summed E-state index contributed by atoms with van der Waals surface area (Å²) in [5.74, 6) is -0.479. The van der Waals surface area contributed by atoms with Gasteiger partial charge in [-0.3, -0.25) is 4.79 Å². The standard InChI is InChI=1S/C18H14ClNO3/c1-2-23-18(22)13-9-10-20-15(11-13)7-8-16(20)17(21)12-3-5-14(19)6-4-12/h3-11H,2H2,1H3. The zero-order valence-corrected chi connectivity index (χ0v) is 13.2. The second-order valence-electron chi connectivity index (χ2n) is 4.99. The zero-order chi connectivity index (χ0) is 16.4. The molecule has 0 aliphatic carbocycles. The molecule has 0 fully saturated rings. The molecule has 0 bridgehead atoms. The van der Waals surface area contributed by atoms with Gasteiger partial charge in [0.05, 0.1) is 17.9 Å². The number of carbonyl (C=O) groups is 2. The maximum Gasteiger partial charge on any atom is 0.338 e. The third-order valence-corrected chi connectivity index (χ3v) is 3.76. The van der Waals surface area contributed by atoms with Crippen molar-refractivity contribution >= 4 is 28.9 Å². The first-order valence-electron chi connectivity index (χ1n) is 7.18. The highest BCUT2D eigenvalue weighted by atomic mass is 35.5. The van der Waals surface area contributed by atoms with E-state index in [9.17, 15) is 9.59 Å². The number of halogens is 1. The van der Waals surface area contributed by atoms with Gasteiger partial charge in [0, 0.05) is 22.3 Å². The minimum absolute atomic E-state index is 0.106. The summed E-state index contributed by atoms with van der Waals surface area (Å²) < 4.78 is 6.73. The Bertz CT molecular complexity index is 881. The number of hydrogen-bond donors (Lipinski definition) is 0. The third-order valence-electron chi connectivity index (χ3n) is 3.51. The predicted molar refractivity (Wildman–Crippen MR) is 88.2 cm³/mol. The van der Waals surface area contributed by atoms with Crippen LogP contribution in [0.1, 0.15) is 33.3 Å². The average molecular weight is 328 g/mol. The minimum Gasteiger partial charge on any atom is -0.462 e. The fourth-order valence-electron chi connectivity index (χ4n) is 2.39. The summed E-state index contributed by atoms with van der Waals surface area (Å²) in [6.45, 7) is 2.09. The number of ketones is 1. The van der Waals surface area contributed by atoms with Gasteiger partial charge in [0.15, 0.2) is 0 Å². The predicted octanol–water partition coefficient (Wildman–Crippen LogP) is 4.00. The van der Waals surface area contributed by atoms with Crippen LogP contribution in [0.25, 0.3) is 5.52 Å². The zero-order valence-electron chi connectivity index (χ0n) is 12.5. The van der Waals surface area contributed by atoms with Gasteiger partial charge in [-0.1, -0.05) is 11.6 Å². The minimum atomic E-state index is -0.373. The van der Waals surface area contributed by atoms with Gasteiger partial charge in [0.2, 0.25) is 5.78 Å². The van der Waals surface area contributed by atoms with E-state index >= 15 is 0 Å². The number of rotatable bonds is 4. The van der Waals surface area contributed by atoms with Crippen molar-refractivity contribution in [1.82, 2.24) is 4.40 Å². The molecule has 0 radical (unpaired) electrons. The molecule has 0 saturated heterocycles. The molecule has 0 aliphatic rings. The fraction of sp³-hybridized carbons (Fsp3) is 0.111. The number of hydrogen-bond acceptors (Lipinski definition) is 3. The number of esters is 1. The summed E-state index contributed by atoms with van der Waals surface area (Å²) in [4.78, 5) is 24.4. The molecule has 3 aromatic rings. The molecule has 2 aromatic heterocycles. The highest BCUT2D eigenvalue weighted by Crippen LogP contribution is 2.18. The molecule has 4 nitrogen and oxygen atoms in total. The molecule has 3 rings (SSSR count). The second-order valence-corrected chi connectivity index (χ2v) is 5.42. The molecule has 2 heterocycles. The molecule has 0 N–H and O–H groups in total. The van der Waals surface area contributed by atoms with Crippen molar-refractivity contribution in [2.45, 2.75) is 6.92 Å². The average Bonchev–Trinajstić information content (AvgIpc) is 2.98. The van der Waals surface area contributed by atoms with Crippen molar-refractivity contribution in [3.05, 3.63) is 76.6 Å². The summed E-state index contributed by atoms with van der Waals surface area (Å²) >= 11 is 5.85. The lowest BCUT2D eigenvalue weighted by Crippen LogP contribution is -2.07.